The van der Waals surface area contributed by atoms with Crippen molar-refractivity contribution < 1.29 is 19.7 Å². The van der Waals surface area contributed by atoms with Gasteiger partial charge in [-0.1, -0.05) is 12.8 Å². The molecule has 4 heteroatoms. The van der Waals surface area contributed by atoms with E-state index in [0.29, 0.717) is 6.61 Å². The molecule has 0 fully saturated rings. The van der Waals surface area contributed by atoms with Gasteiger partial charge in [0, 0.05) is 13.2 Å². The third-order valence-corrected chi connectivity index (χ3v) is 1.42. The molecule has 0 saturated carbocycles. The Hall–Kier alpha value is -0.610. The Morgan fingerprint density at radius 1 is 1.17 bits per heavy atom. The van der Waals surface area contributed by atoms with Crippen LogP contribution in [-0.2, 0) is 9.53 Å². The Balaban J connectivity index is 2.86. The highest BCUT2D eigenvalue weighted by Crippen LogP contribution is 1.98. The molecular weight excluding hydrogens is 160 g/mol. The van der Waals surface area contributed by atoms with Crippen LogP contribution in [0.15, 0.2) is 0 Å². The molecule has 0 aromatic carbocycles. The Kier molecular flexibility index (Phi) is 8.05. The van der Waals surface area contributed by atoms with Crippen LogP contribution in [0.2, 0.25) is 0 Å². The highest BCUT2D eigenvalue weighted by Gasteiger charge is 1.95. The van der Waals surface area contributed by atoms with Gasteiger partial charge in [0.2, 0.25) is 0 Å². The van der Waals surface area contributed by atoms with Crippen LogP contribution in [0.3, 0.4) is 0 Å². The molecular formula is C8H16O4. The van der Waals surface area contributed by atoms with Gasteiger partial charge in [-0.25, -0.2) is 4.79 Å². The second-order valence-corrected chi connectivity index (χ2v) is 2.58. The van der Waals surface area contributed by atoms with Gasteiger partial charge in [-0.3, -0.25) is 0 Å². The first-order valence-electron chi connectivity index (χ1n) is 4.17. The van der Waals surface area contributed by atoms with E-state index in [9.17, 15) is 4.79 Å². The number of aliphatic hydroxyl groups excluding tert-OH is 1. The molecule has 0 bridgehead atoms. The summed E-state index contributed by atoms with van der Waals surface area (Å²) < 4.78 is 4.81. The van der Waals surface area contributed by atoms with E-state index in [4.69, 9.17) is 14.9 Å². The minimum Gasteiger partial charge on any atom is -0.480 e. The summed E-state index contributed by atoms with van der Waals surface area (Å²) in [7, 11) is 0. The summed E-state index contributed by atoms with van der Waals surface area (Å²) >= 11 is 0. The van der Waals surface area contributed by atoms with Crippen LogP contribution < -0.4 is 0 Å². The van der Waals surface area contributed by atoms with Gasteiger partial charge in [0.15, 0.2) is 0 Å². The zero-order chi connectivity index (χ0) is 9.23. The number of hydrogen-bond acceptors (Lipinski definition) is 3. The average Bonchev–Trinajstić information content (AvgIpc) is 2.02. The molecule has 0 rings (SSSR count). The normalized spacial score (nSPS) is 10.1. The van der Waals surface area contributed by atoms with Crippen LogP contribution in [0.5, 0.6) is 0 Å². The molecule has 0 amide bonds. The number of carboxylic acid groups (broad SMARTS) is 1. The molecule has 0 heterocycles. The van der Waals surface area contributed by atoms with Crippen molar-refractivity contribution in [1.82, 2.24) is 0 Å². The van der Waals surface area contributed by atoms with Gasteiger partial charge in [-0.05, 0) is 12.8 Å². The summed E-state index contributed by atoms with van der Waals surface area (Å²) in [5.41, 5.74) is 0. The van der Waals surface area contributed by atoms with E-state index in [-0.39, 0.29) is 13.2 Å². The fourth-order valence-corrected chi connectivity index (χ4v) is 0.829. The molecule has 0 aliphatic rings. The quantitative estimate of drug-likeness (QED) is 0.532. The van der Waals surface area contributed by atoms with E-state index < -0.39 is 5.97 Å². The van der Waals surface area contributed by atoms with Gasteiger partial charge in [0.05, 0.1) is 0 Å². The zero-order valence-electron chi connectivity index (χ0n) is 7.16. The van der Waals surface area contributed by atoms with Crippen LogP contribution >= 0.6 is 0 Å². The standard InChI is InChI=1S/C8H16O4/c9-5-3-1-2-4-6-12-7-8(10)11/h9H,1-7H2,(H,10,11). The third-order valence-electron chi connectivity index (χ3n) is 1.42. The molecule has 0 aromatic rings. The number of aliphatic hydroxyl groups is 1. The second-order valence-electron chi connectivity index (χ2n) is 2.58. The minimum atomic E-state index is -0.926. The van der Waals surface area contributed by atoms with Gasteiger partial charge in [0.1, 0.15) is 6.61 Å². The van der Waals surface area contributed by atoms with Crippen LogP contribution in [0.4, 0.5) is 0 Å². The Labute approximate surface area is 72.2 Å². The summed E-state index contributed by atoms with van der Waals surface area (Å²) in [5, 5.41) is 16.6. The number of hydrogen-bond donors (Lipinski definition) is 2. The van der Waals surface area contributed by atoms with Gasteiger partial charge in [-0.15, -0.1) is 0 Å². The number of ether oxygens (including phenoxy) is 1. The molecule has 0 aromatic heterocycles. The summed E-state index contributed by atoms with van der Waals surface area (Å²) in [6, 6.07) is 0. The molecule has 0 aliphatic heterocycles. The highest BCUT2D eigenvalue weighted by molar-refractivity contribution is 5.67. The summed E-state index contributed by atoms with van der Waals surface area (Å²) in [6.07, 6.45) is 3.65. The van der Waals surface area contributed by atoms with E-state index in [0.717, 1.165) is 25.7 Å². The molecule has 0 unspecified atom stereocenters. The predicted octanol–water partition coefficient (Wildman–Crippen LogP) is 0.640. The summed E-state index contributed by atoms with van der Waals surface area (Å²) in [6.45, 7) is 0.522. The lowest BCUT2D eigenvalue weighted by atomic mass is 10.2. The monoisotopic (exact) mass is 176 g/mol. The third kappa shape index (κ3) is 9.39. The maximum absolute atomic E-state index is 9.98. The molecule has 72 valence electrons. The van der Waals surface area contributed by atoms with Crippen molar-refractivity contribution in [2.24, 2.45) is 0 Å². The van der Waals surface area contributed by atoms with Gasteiger partial charge in [-0.2, -0.15) is 0 Å². The molecule has 12 heavy (non-hydrogen) atoms. The van der Waals surface area contributed by atoms with Gasteiger partial charge in [0.25, 0.3) is 0 Å². The van der Waals surface area contributed by atoms with Gasteiger partial charge >= 0.3 is 5.97 Å². The van der Waals surface area contributed by atoms with Crippen molar-refractivity contribution in [2.45, 2.75) is 25.7 Å². The maximum Gasteiger partial charge on any atom is 0.329 e. The fourth-order valence-electron chi connectivity index (χ4n) is 0.829. The van der Waals surface area contributed by atoms with Crippen molar-refractivity contribution >= 4 is 5.97 Å². The number of carbonyl (C=O) groups is 1. The van der Waals surface area contributed by atoms with E-state index >= 15 is 0 Å². The van der Waals surface area contributed by atoms with Crippen LogP contribution in [0.25, 0.3) is 0 Å². The molecule has 0 atom stereocenters. The van der Waals surface area contributed by atoms with Crippen molar-refractivity contribution in [3.63, 3.8) is 0 Å². The Morgan fingerprint density at radius 3 is 2.42 bits per heavy atom. The molecule has 0 aliphatic carbocycles. The smallest absolute Gasteiger partial charge is 0.329 e. The van der Waals surface area contributed by atoms with Gasteiger partial charge < -0.3 is 14.9 Å². The lowest BCUT2D eigenvalue weighted by Gasteiger charge is -2.00. The summed E-state index contributed by atoms with van der Waals surface area (Å²) in [4.78, 5) is 9.98. The first kappa shape index (κ1) is 11.4. The number of aliphatic carboxylic acids is 1. The Morgan fingerprint density at radius 2 is 1.83 bits per heavy atom. The number of unbranched alkanes of at least 4 members (excludes halogenated alkanes) is 3. The molecule has 4 nitrogen and oxygen atoms in total. The first-order valence-corrected chi connectivity index (χ1v) is 4.17. The first-order chi connectivity index (χ1) is 5.77. The van der Waals surface area contributed by atoms with E-state index in [1.54, 1.807) is 0 Å². The lowest BCUT2D eigenvalue weighted by molar-refractivity contribution is -0.142. The average molecular weight is 176 g/mol. The fraction of sp³-hybridized carbons (Fsp3) is 0.875. The maximum atomic E-state index is 9.98. The van der Waals surface area contributed by atoms with E-state index in [2.05, 4.69) is 0 Å². The number of rotatable bonds is 8. The molecule has 0 radical (unpaired) electrons. The van der Waals surface area contributed by atoms with Crippen molar-refractivity contribution in [3.05, 3.63) is 0 Å². The van der Waals surface area contributed by atoms with Crippen molar-refractivity contribution in [3.8, 4) is 0 Å². The van der Waals surface area contributed by atoms with Crippen molar-refractivity contribution in [2.75, 3.05) is 19.8 Å². The number of carboxylic acids is 1. The topological polar surface area (TPSA) is 66.8 Å². The second kappa shape index (κ2) is 8.49. The minimum absolute atomic E-state index is 0.208. The van der Waals surface area contributed by atoms with Crippen LogP contribution in [0.1, 0.15) is 25.7 Å². The van der Waals surface area contributed by atoms with Crippen LogP contribution in [0, 0.1) is 0 Å². The zero-order valence-corrected chi connectivity index (χ0v) is 7.16. The van der Waals surface area contributed by atoms with E-state index in [1.807, 2.05) is 0 Å². The highest BCUT2D eigenvalue weighted by atomic mass is 16.5. The van der Waals surface area contributed by atoms with E-state index in [1.165, 1.54) is 0 Å². The van der Waals surface area contributed by atoms with Crippen LogP contribution in [-0.4, -0.2) is 36.0 Å². The molecule has 0 spiro atoms. The molecule has 2 N–H and O–H groups in total. The molecule has 0 saturated heterocycles. The lowest BCUT2D eigenvalue weighted by Crippen LogP contribution is -2.07. The summed E-state index contributed by atoms with van der Waals surface area (Å²) in [5.74, 6) is -0.926. The largest absolute Gasteiger partial charge is 0.480 e. The SMILES string of the molecule is O=C(O)COCCCCCCO. The van der Waals surface area contributed by atoms with Crippen molar-refractivity contribution in [1.29, 1.82) is 0 Å². The predicted molar refractivity (Wildman–Crippen MR) is 44.0 cm³/mol. The Bertz CT molecular complexity index is 114.